The van der Waals surface area contributed by atoms with Crippen molar-refractivity contribution in [3.63, 3.8) is 0 Å². The van der Waals surface area contributed by atoms with Crippen LogP contribution in [0.5, 0.6) is 5.75 Å². The molecule has 0 aliphatic rings. The van der Waals surface area contributed by atoms with Crippen molar-refractivity contribution in [3.8, 4) is 5.75 Å². The van der Waals surface area contributed by atoms with Crippen LogP contribution in [0.1, 0.15) is 15.9 Å². The molecule has 0 fully saturated rings. The molecule has 0 atom stereocenters. The summed E-state index contributed by atoms with van der Waals surface area (Å²) in [5.41, 5.74) is 3.27. The number of nitrogens with one attached hydrogen (secondary N) is 1. The van der Waals surface area contributed by atoms with Gasteiger partial charge in [-0.15, -0.1) is 0 Å². The number of carbonyl (C=O) groups excluding carboxylic acids is 1. The van der Waals surface area contributed by atoms with Crippen molar-refractivity contribution in [3.05, 3.63) is 59.7 Å². The van der Waals surface area contributed by atoms with E-state index in [-0.39, 0.29) is 10.5 Å². The van der Waals surface area contributed by atoms with E-state index in [4.69, 9.17) is 4.74 Å². The van der Waals surface area contributed by atoms with Crippen LogP contribution in [-0.4, -0.2) is 46.0 Å². The van der Waals surface area contributed by atoms with Crippen LogP contribution in [0.15, 0.2) is 58.5 Å². The van der Waals surface area contributed by atoms with Crippen LogP contribution in [-0.2, 0) is 10.0 Å². The molecular formula is C17H19N3O4S. The molecule has 8 heteroatoms. The number of hydrogen-bond donors (Lipinski definition) is 1. The highest BCUT2D eigenvalue weighted by Crippen LogP contribution is 2.16. The average molecular weight is 361 g/mol. The molecule has 0 bridgehead atoms. The van der Waals surface area contributed by atoms with Crippen molar-refractivity contribution < 1.29 is 17.9 Å². The van der Waals surface area contributed by atoms with Crippen LogP contribution in [0.3, 0.4) is 0 Å². The number of para-hydroxylation sites is 1. The molecule has 132 valence electrons. The van der Waals surface area contributed by atoms with E-state index >= 15 is 0 Å². The molecule has 1 N–H and O–H groups in total. The fraction of sp³-hybridized carbons (Fsp3) is 0.176. The Balaban J connectivity index is 2.15. The lowest BCUT2D eigenvalue weighted by Gasteiger charge is -2.11. The second kappa shape index (κ2) is 7.91. The summed E-state index contributed by atoms with van der Waals surface area (Å²) < 4.78 is 30.5. The molecule has 0 unspecified atom stereocenters. The van der Waals surface area contributed by atoms with Gasteiger partial charge in [-0.05, 0) is 30.3 Å². The standard InChI is InChI=1S/C17H19N3O4S/c1-20(2)25(22,23)15-9-6-8-13(11-15)17(21)19-18-12-14-7-4-5-10-16(14)24-3/h4-12H,1-3H3,(H,19,21)/b18-12-. The highest BCUT2D eigenvalue weighted by Gasteiger charge is 2.18. The van der Waals surface area contributed by atoms with Gasteiger partial charge in [-0.1, -0.05) is 18.2 Å². The summed E-state index contributed by atoms with van der Waals surface area (Å²) in [6, 6.07) is 13.0. The van der Waals surface area contributed by atoms with Crippen LogP contribution in [0.4, 0.5) is 0 Å². The molecule has 25 heavy (non-hydrogen) atoms. The fourth-order valence-electron chi connectivity index (χ4n) is 2.01. The Labute approximate surface area is 147 Å². The van der Waals surface area contributed by atoms with Gasteiger partial charge in [0.25, 0.3) is 5.91 Å². The quantitative estimate of drug-likeness (QED) is 0.627. The maximum atomic E-state index is 12.2. The third-order valence-corrected chi connectivity index (χ3v) is 5.19. The molecule has 2 aromatic carbocycles. The molecule has 2 aromatic rings. The maximum absolute atomic E-state index is 12.2. The third-order valence-electron chi connectivity index (χ3n) is 3.38. The average Bonchev–Trinajstić information content (AvgIpc) is 2.62. The van der Waals surface area contributed by atoms with Crippen molar-refractivity contribution in [2.45, 2.75) is 4.90 Å². The molecule has 7 nitrogen and oxygen atoms in total. The summed E-state index contributed by atoms with van der Waals surface area (Å²) in [7, 11) is 0.797. The number of sulfonamides is 1. The molecule has 0 saturated heterocycles. The van der Waals surface area contributed by atoms with Gasteiger partial charge in [-0.2, -0.15) is 5.10 Å². The van der Waals surface area contributed by atoms with Gasteiger partial charge in [-0.3, -0.25) is 4.79 Å². The van der Waals surface area contributed by atoms with Crippen LogP contribution >= 0.6 is 0 Å². The SMILES string of the molecule is COc1ccccc1/C=N\NC(=O)c1cccc(S(=O)(=O)N(C)C)c1. The number of benzene rings is 2. The van der Waals surface area contributed by atoms with Gasteiger partial charge in [0.2, 0.25) is 10.0 Å². The molecule has 2 rings (SSSR count). The first kappa shape index (κ1) is 18.6. The topological polar surface area (TPSA) is 88.1 Å². The van der Waals surface area contributed by atoms with Gasteiger partial charge < -0.3 is 4.74 Å². The molecular weight excluding hydrogens is 342 g/mol. The van der Waals surface area contributed by atoms with Crippen molar-refractivity contribution >= 4 is 22.1 Å². The highest BCUT2D eigenvalue weighted by atomic mass is 32.2. The summed E-state index contributed by atoms with van der Waals surface area (Å²) in [6.07, 6.45) is 1.46. The number of methoxy groups -OCH3 is 1. The molecule has 0 spiro atoms. The van der Waals surface area contributed by atoms with E-state index < -0.39 is 15.9 Å². The zero-order chi connectivity index (χ0) is 18.4. The normalized spacial score (nSPS) is 11.7. The molecule has 0 saturated carbocycles. The Morgan fingerprint density at radius 3 is 2.56 bits per heavy atom. The minimum absolute atomic E-state index is 0.0406. The van der Waals surface area contributed by atoms with Gasteiger partial charge in [0.05, 0.1) is 18.2 Å². The summed E-state index contributed by atoms with van der Waals surface area (Å²) >= 11 is 0. The molecule has 0 aliphatic heterocycles. The second-order valence-corrected chi connectivity index (χ2v) is 7.41. The molecule has 0 aromatic heterocycles. The van der Waals surface area contributed by atoms with E-state index in [1.807, 2.05) is 12.1 Å². The molecule has 0 radical (unpaired) electrons. The Kier molecular flexibility index (Phi) is 5.89. The predicted molar refractivity (Wildman–Crippen MR) is 95.4 cm³/mol. The van der Waals surface area contributed by atoms with E-state index in [1.165, 1.54) is 44.6 Å². The van der Waals surface area contributed by atoms with Crippen LogP contribution in [0.25, 0.3) is 0 Å². The molecule has 0 heterocycles. The van der Waals surface area contributed by atoms with Crippen molar-refractivity contribution in [2.75, 3.05) is 21.2 Å². The van der Waals surface area contributed by atoms with E-state index in [0.717, 1.165) is 4.31 Å². The number of nitrogens with zero attached hydrogens (tertiary/aromatic N) is 2. The summed E-state index contributed by atoms with van der Waals surface area (Å²) in [4.78, 5) is 12.2. The van der Waals surface area contributed by atoms with Gasteiger partial charge in [0, 0.05) is 25.2 Å². The largest absolute Gasteiger partial charge is 0.496 e. The minimum atomic E-state index is -3.61. The predicted octanol–water partition coefficient (Wildman–Crippen LogP) is 1.71. The molecule has 1 amide bonds. The maximum Gasteiger partial charge on any atom is 0.271 e. The van der Waals surface area contributed by atoms with E-state index in [2.05, 4.69) is 10.5 Å². The lowest BCUT2D eigenvalue weighted by molar-refractivity contribution is 0.0955. The summed E-state index contributed by atoms with van der Waals surface area (Å²) in [5.74, 6) is 0.113. The number of ether oxygens (including phenoxy) is 1. The van der Waals surface area contributed by atoms with Gasteiger partial charge >= 0.3 is 0 Å². The zero-order valence-electron chi connectivity index (χ0n) is 14.1. The second-order valence-electron chi connectivity index (χ2n) is 5.26. The Bertz CT molecular complexity index is 892. The van der Waals surface area contributed by atoms with E-state index in [9.17, 15) is 13.2 Å². The zero-order valence-corrected chi connectivity index (χ0v) is 14.9. The lowest BCUT2D eigenvalue weighted by atomic mass is 10.2. The third kappa shape index (κ3) is 4.43. The van der Waals surface area contributed by atoms with Gasteiger partial charge in [0.1, 0.15) is 5.75 Å². The molecule has 0 aliphatic carbocycles. The van der Waals surface area contributed by atoms with Gasteiger partial charge in [-0.25, -0.2) is 18.1 Å². The smallest absolute Gasteiger partial charge is 0.271 e. The summed E-state index contributed by atoms with van der Waals surface area (Å²) in [6.45, 7) is 0. The van der Waals surface area contributed by atoms with Crippen molar-refractivity contribution in [2.24, 2.45) is 5.10 Å². The highest BCUT2D eigenvalue weighted by molar-refractivity contribution is 7.89. The fourth-order valence-corrected chi connectivity index (χ4v) is 2.95. The first-order valence-corrected chi connectivity index (χ1v) is 8.79. The van der Waals surface area contributed by atoms with Crippen molar-refractivity contribution in [1.82, 2.24) is 9.73 Å². The van der Waals surface area contributed by atoms with E-state index in [0.29, 0.717) is 11.3 Å². The van der Waals surface area contributed by atoms with Crippen LogP contribution in [0, 0.1) is 0 Å². The number of carbonyl (C=O) groups is 1. The lowest BCUT2D eigenvalue weighted by Crippen LogP contribution is -2.23. The van der Waals surface area contributed by atoms with E-state index in [1.54, 1.807) is 19.2 Å². The van der Waals surface area contributed by atoms with Crippen molar-refractivity contribution in [1.29, 1.82) is 0 Å². The van der Waals surface area contributed by atoms with Crippen LogP contribution < -0.4 is 10.2 Å². The monoisotopic (exact) mass is 361 g/mol. The Hall–Kier alpha value is -2.71. The summed E-state index contributed by atoms with van der Waals surface area (Å²) in [5, 5.41) is 3.89. The number of hydrazone groups is 1. The number of amides is 1. The first-order valence-electron chi connectivity index (χ1n) is 7.35. The number of hydrogen-bond acceptors (Lipinski definition) is 5. The Morgan fingerprint density at radius 1 is 1.16 bits per heavy atom. The van der Waals surface area contributed by atoms with Crippen LogP contribution in [0.2, 0.25) is 0 Å². The number of rotatable bonds is 6. The first-order chi connectivity index (χ1) is 11.9. The Morgan fingerprint density at radius 2 is 1.88 bits per heavy atom. The minimum Gasteiger partial charge on any atom is -0.496 e. The van der Waals surface area contributed by atoms with Gasteiger partial charge in [0.15, 0.2) is 0 Å².